The maximum atomic E-state index is 12.2. The Kier molecular flexibility index (Phi) is 2.05. The van der Waals surface area contributed by atoms with Crippen LogP contribution in [0.15, 0.2) is 17.0 Å². The molecule has 0 aromatic carbocycles. The van der Waals surface area contributed by atoms with Gasteiger partial charge in [-0.2, -0.15) is 22.2 Å². The summed E-state index contributed by atoms with van der Waals surface area (Å²) in [5.74, 6) is -2.77. The first-order valence-corrected chi connectivity index (χ1v) is 4.06. The number of nitrogens with zero attached hydrogens (tertiary/aromatic N) is 1. The highest BCUT2D eigenvalue weighted by Crippen LogP contribution is 2.13. The molecule has 0 saturated carbocycles. The molecule has 0 saturated heterocycles. The van der Waals surface area contributed by atoms with Gasteiger partial charge in [-0.3, -0.25) is 0 Å². The lowest BCUT2D eigenvalue weighted by Crippen LogP contribution is -1.97. The second-order valence-corrected chi connectivity index (χ2v) is 3.23. The Labute approximate surface area is 66.1 Å². The minimum absolute atomic E-state index is 0.290. The molecule has 0 atom stereocenters. The van der Waals surface area contributed by atoms with E-state index in [9.17, 15) is 21.1 Å². The third kappa shape index (κ3) is 1.94. The van der Waals surface area contributed by atoms with E-state index in [2.05, 4.69) is 4.98 Å². The number of halogens is 3. The molecular weight excluding hydrogens is 195 g/mol. The summed E-state index contributed by atoms with van der Waals surface area (Å²) in [6.07, 6.45) is 0. The normalized spacial score (nSPS) is 11.6. The van der Waals surface area contributed by atoms with Gasteiger partial charge in [0.1, 0.15) is 4.90 Å². The number of aromatic nitrogens is 1. The molecule has 0 spiro atoms. The van der Waals surface area contributed by atoms with Crippen LogP contribution in [-0.4, -0.2) is 13.4 Å². The van der Waals surface area contributed by atoms with Gasteiger partial charge in [-0.05, 0) is 0 Å². The van der Waals surface area contributed by atoms with Gasteiger partial charge in [0, 0.05) is 12.1 Å². The van der Waals surface area contributed by atoms with Crippen molar-refractivity contribution in [2.45, 2.75) is 4.90 Å². The number of rotatable bonds is 1. The smallest absolute Gasteiger partial charge is 0.191 e. The number of hydrogen-bond donors (Lipinski definition) is 0. The van der Waals surface area contributed by atoms with Crippen LogP contribution in [0.1, 0.15) is 0 Å². The van der Waals surface area contributed by atoms with Crippen molar-refractivity contribution in [3.63, 3.8) is 0 Å². The highest BCUT2D eigenvalue weighted by Gasteiger charge is 2.14. The second-order valence-electron chi connectivity index (χ2n) is 1.89. The van der Waals surface area contributed by atoms with Crippen molar-refractivity contribution in [1.82, 2.24) is 4.98 Å². The third-order valence-corrected chi connectivity index (χ3v) is 1.82. The Morgan fingerprint density at radius 1 is 1.17 bits per heavy atom. The van der Waals surface area contributed by atoms with Gasteiger partial charge in [-0.15, -0.1) is 3.89 Å². The van der Waals surface area contributed by atoms with Crippen molar-refractivity contribution >= 4 is 10.2 Å². The Balaban J connectivity index is 3.37. The molecule has 1 rings (SSSR count). The summed E-state index contributed by atoms with van der Waals surface area (Å²) < 4.78 is 56.7. The molecule has 0 N–H and O–H groups in total. The third-order valence-electron chi connectivity index (χ3n) is 1.02. The molecule has 0 aliphatic rings. The topological polar surface area (TPSA) is 47.0 Å². The van der Waals surface area contributed by atoms with E-state index in [1.54, 1.807) is 0 Å². The fourth-order valence-corrected chi connectivity index (χ4v) is 1.06. The van der Waals surface area contributed by atoms with Crippen molar-refractivity contribution in [2.24, 2.45) is 0 Å². The minimum Gasteiger partial charge on any atom is -0.191 e. The Bertz CT molecular complexity index is 383. The summed E-state index contributed by atoms with van der Waals surface area (Å²) in [5, 5.41) is 0. The first kappa shape index (κ1) is 8.98. The fourth-order valence-electron chi connectivity index (χ4n) is 0.584. The van der Waals surface area contributed by atoms with Crippen LogP contribution in [0.25, 0.3) is 0 Å². The van der Waals surface area contributed by atoms with Crippen LogP contribution in [0.3, 0.4) is 0 Å². The zero-order valence-electron chi connectivity index (χ0n) is 5.46. The minimum atomic E-state index is -5.07. The maximum absolute atomic E-state index is 12.2. The van der Waals surface area contributed by atoms with Crippen LogP contribution in [-0.2, 0) is 10.2 Å². The second kappa shape index (κ2) is 2.74. The lowest BCUT2D eigenvalue weighted by Gasteiger charge is -1.93. The molecule has 3 nitrogen and oxygen atoms in total. The van der Waals surface area contributed by atoms with Crippen LogP contribution in [0.4, 0.5) is 12.7 Å². The van der Waals surface area contributed by atoms with Crippen LogP contribution in [0.5, 0.6) is 0 Å². The molecule has 0 aliphatic heterocycles. The van der Waals surface area contributed by atoms with Crippen molar-refractivity contribution in [3.8, 4) is 0 Å². The van der Waals surface area contributed by atoms with Gasteiger partial charge in [-0.25, -0.2) is 0 Å². The molecule has 66 valence electrons. The lowest BCUT2D eigenvalue weighted by atomic mass is 10.5. The van der Waals surface area contributed by atoms with Crippen molar-refractivity contribution in [2.75, 3.05) is 0 Å². The van der Waals surface area contributed by atoms with Gasteiger partial charge in [0.05, 0.1) is 0 Å². The summed E-state index contributed by atoms with van der Waals surface area (Å²) in [6, 6.07) is 0.580. The molecule has 0 fully saturated rings. The molecule has 7 heteroatoms. The molecule has 12 heavy (non-hydrogen) atoms. The molecule has 0 amide bonds. The highest BCUT2D eigenvalue weighted by molar-refractivity contribution is 7.86. The first-order chi connectivity index (χ1) is 5.39. The van der Waals surface area contributed by atoms with Gasteiger partial charge >= 0.3 is 10.2 Å². The van der Waals surface area contributed by atoms with E-state index in [-0.39, 0.29) is 0 Å². The zero-order valence-corrected chi connectivity index (χ0v) is 6.28. The van der Waals surface area contributed by atoms with Crippen molar-refractivity contribution < 1.29 is 21.1 Å². The van der Waals surface area contributed by atoms with E-state index in [4.69, 9.17) is 0 Å². The van der Waals surface area contributed by atoms with Gasteiger partial charge in [0.2, 0.25) is 11.9 Å². The van der Waals surface area contributed by atoms with E-state index < -0.39 is 27.0 Å². The summed E-state index contributed by atoms with van der Waals surface area (Å²) >= 11 is 0. The Hall–Kier alpha value is -1.11. The van der Waals surface area contributed by atoms with Gasteiger partial charge < -0.3 is 0 Å². The molecule has 1 aromatic heterocycles. The molecule has 0 radical (unpaired) electrons. The summed E-state index contributed by atoms with van der Waals surface area (Å²) in [6.45, 7) is 0. The quantitative estimate of drug-likeness (QED) is 0.498. The van der Waals surface area contributed by atoms with Crippen LogP contribution in [0.2, 0.25) is 0 Å². The molecular formula is C5H2F3NO2S. The molecule has 1 heterocycles. The van der Waals surface area contributed by atoms with Crippen molar-refractivity contribution in [1.29, 1.82) is 0 Å². The van der Waals surface area contributed by atoms with Crippen LogP contribution >= 0.6 is 0 Å². The summed E-state index contributed by atoms with van der Waals surface area (Å²) in [4.78, 5) is 1.51. The van der Waals surface area contributed by atoms with Gasteiger partial charge in [-0.1, -0.05) is 0 Å². The van der Waals surface area contributed by atoms with Gasteiger partial charge in [0.25, 0.3) is 0 Å². The zero-order chi connectivity index (χ0) is 9.35. The van der Waals surface area contributed by atoms with Crippen LogP contribution < -0.4 is 0 Å². The van der Waals surface area contributed by atoms with Crippen LogP contribution in [0, 0.1) is 11.9 Å². The van der Waals surface area contributed by atoms with Crippen molar-refractivity contribution in [3.05, 3.63) is 24.0 Å². The molecule has 0 aliphatic carbocycles. The predicted molar refractivity (Wildman–Crippen MR) is 32.4 cm³/mol. The SMILES string of the molecule is O=S(=O)(F)c1cc(F)nc(F)c1. The maximum Gasteiger partial charge on any atom is 0.332 e. The average Bonchev–Trinajstić information content (AvgIpc) is 1.82. The fraction of sp³-hybridized carbons (Fsp3) is 0. The van der Waals surface area contributed by atoms with E-state index >= 15 is 0 Å². The predicted octanol–water partition coefficient (Wildman–Crippen LogP) is 1.02. The monoisotopic (exact) mass is 197 g/mol. The van der Waals surface area contributed by atoms with E-state index in [1.807, 2.05) is 0 Å². The Morgan fingerprint density at radius 3 is 1.92 bits per heavy atom. The highest BCUT2D eigenvalue weighted by atomic mass is 32.3. The average molecular weight is 197 g/mol. The van der Waals surface area contributed by atoms with Gasteiger partial charge in [0.15, 0.2) is 0 Å². The largest absolute Gasteiger partial charge is 0.332 e. The summed E-state index contributed by atoms with van der Waals surface area (Å²) in [7, 11) is -5.07. The van der Waals surface area contributed by atoms with E-state index in [1.165, 1.54) is 0 Å². The van der Waals surface area contributed by atoms with E-state index in [0.717, 1.165) is 0 Å². The first-order valence-electron chi connectivity index (χ1n) is 2.67. The lowest BCUT2D eigenvalue weighted by molar-refractivity contribution is 0.499. The van der Waals surface area contributed by atoms with E-state index in [0.29, 0.717) is 12.1 Å². The number of hydrogen-bond acceptors (Lipinski definition) is 3. The Morgan fingerprint density at radius 2 is 1.58 bits per heavy atom. The summed E-state index contributed by atoms with van der Waals surface area (Å²) in [5.41, 5.74) is 0. The molecule has 0 unspecified atom stereocenters. The molecule has 1 aromatic rings. The molecule has 0 bridgehead atoms. The number of pyridine rings is 1. The standard InChI is InChI=1S/C5H2F3NO2S/c6-4-1-3(12(8,10)11)2-5(7)9-4/h1-2H.